The summed E-state index contributed by atoms with van der Waals surface area (Å²) < 4.78 is 17.8. The van der Waals surface area contributed by atoms with Gasteiger partial charge in [-0.05, 0) is 25.1 Å². The van der Waals surface area contributed by atoms with Crippen LogP contribution in [0.25, 0.3) is 10.9 Å². The van der Waals surface area contributed by atoms with Gasteiger partial charge in [-0.2, -0.15) is 0 Å². The van der Waals surface area contributed by atoms with Gasteiger partial charge < -0.3 is 9.72 Å². The number of carbonyl (C=O) groups excluding carboxylic acids is 1. The Morgan fingerprint density at radius 2 is 2.31 bits per heavy atom. The van der Waals surface area contributed by atoms with E-state index >= 15 is 0 Å². The van der Waals surface area contributed by atoms with Crippen LogP contribution in [0.2, 0.25) is 5.02 Å². The first kappa shape index (κ1) is 11.0. The monoisotopic (exact) mass is 241 g/mol. The van der Waals surface area contributed by atoms with E-state index in [9.17, 15) is 9.18 Å². The van der Waals surface area contributed by atoms with Crippen molar-refractivity contribution in [1.29, 1.82) is 0 Å². The van der Waals surface area contributed by atoms with Crippen molar-refractivity contribution < 1.29 is 13.9 Å². The third kappa shape index (κ3) is 1.76. The number of hydrogen-bond acceptors (Lipinski definition) is 2. The van der Waals surface area contributed by atoms with E-state index in [0.717, 1.165) is 0 Å². The zero-order valence-corrected chi connectivity index (χ0v) is 9.27. The Labute approximate surface area is 96.2 Å². The van der Waals surface area contributed by atoms with Crippen molar-refractivity contribution in [3.8, 4) is 0 Å². The van der Waals surface area contributed by atoms with Gasteiger partial charge in [-0.25, -0.2) is 9.18 Å². The second-order valence-corrected chi connectivity index (χ2v) is 3.60. The average Bonchev–Trinajstić information content (AvgIpc) is 2.56. The molecule has 5 heteroatoms. The van der Waals surface area contributed by atoms with Gasteiger partial charge >= 0.3 is 5.97 Å². The second-order valence-electron chi connectivity index (χ2n) is 3.22. The Morgan fingerprint density at radius 3 is 3.00 bits per heavy atom. The number of H-pyrrole nitrogens is 1. The Balaban J connectivity index is 2.55. The molecule has 0 unspecified atom stereocenters. The Hall–Kier alpha value is -1.55. The summed E-state index contributed by atoms with van der Waals surface area (Å²) in [6.07, 6.45) is 0. The van der Waals surface area contributed by atoms with E-state index in [-0.39, 0.29) is 23.1 Å². The summed E-state index contributed by atoms with van der Waals surface area (Å²) in [6.45, 7) is 1.97. The standard InChI is InChI=1S/C11H9ClFNO2/c1-2-16-11(15)10-9(12)7-4-3-6(13)5-8(7)14-10/h3-5,14H,2H2,1H3. The van der Waals surface area contributed by atoms with Crippen LogP contribution in [-0.4, -0.2) is 17.6 Å². The fraction of sp³-hybridized carbons (Fsp3) is 0.182. The average molecular weight is 242 g/mol. The number of aromatic nitrogens is 1. The molecule has 16 heavy (non-hydrogen) atoms. The van der Waals surface area contributed by atoms with Gasteiger partial charge in [0.1, 0.15) is 11.5 Å². The predicted octanol–water partition coefficient (Wildman–Crippen LogP) is 3.14. The molecule has 0 saturated heterocycles. The first-order valence-electron chi connectivity index (χ1n) is 4.77. The summed E-state index contributed by atoms with van der Waals surface area (Å²) in [5, 5.41) is 0.861. The maximum atomic E-state index is 12.9. The molecule has 1 N–H and O–H groups in total. The smallest absolute Gasteiger partial charge is 0.356 e. The van der Waals surface area contributed by atoms with Gasteiger partial charge in [0, 0.05) is 5.39 Å². The molecule has 0 fully saturated rings. The molecular weight excluding hydrogens is 233 g/mol. The minimum Gasteiger partial charge on any atom is -0.461 e. The number of aromatic amines is 1. The maximum Gasteiger partial charge on any atom is 0.356 e. The molecule has 84 valence electrons. The highest BCUT2D eigenvalue weighted by atomic mass is 35.5. The molecule has 3 nitrogen and oxygen atoms in total. The van der Waals surface area contributed by atoms with E-state index in [1.165, 1.54) is 18.2 Å². The summed E-state index contributed by atoms with van der Waals surface area (Å²) in [7, 11) is 0. The van der Waals surface area contributed by atoms with Gasteiger partial charge in [-0.15, -0.1) is 0 Å². The molecule has 1 heterocycles. The molecule has 1 aromatic heterocycles. The van der Waals surface area contributed by atoms with Crippen molar-refractivity contribution >= 4 is 28.5 Å². The third-order valence-electron chi connectivity index (χ3n) is 2.18. The lowest BCUT2D eigenvalue weighted by Crippen LogP contribution is -2.05. The van der Waals surface area contributed by atoms with Crippen molar-refractivity contribution in [2.24, 2.45) is 0 Å². The highest BCUT2D eigenvalue weighted by Gasteiger charge is 2.17. The number of benzene rings is 1. The van der Waals surface area contributed by atoms with E-state index in [1.807, 2.05) is 0 Å². The van der Waals surface area contributed by atoms with Crippen molar-refractivity contribution in [3.05, 3.63) is 34.7 Å². The molecule has 0 aliphatic rings. The van der Waals surface area contributed by atoms with Gasteiger partial charge in [0.25, 0.3) is 0 Å². The number of carbonyl (C=O) groups is 1. The summed E-state index contributed by atoms with van der Waals surface area (Å²) in [6, 6.07) is 4.09. The first-order chi connectivity index (χ1) is 7.63. The fourth-order valence-corrected chi connectivity index (χ4v) is 1.77. The Bertz CT molecular complexity index is 550. The van der Waals surface area contributed by atoms with E-state index in [0.29, 0.717) is 10.9 Å². The maximum absolute atomic E-state index is 12.9. The first-order valence-corrected chi connectivity index (χ1v) is 5.15. The fourth-order valence-electron chi connectivity index (χ4n) is 1.48. The molecule has 0 aliphatic carbocycles. The van der Waals surface area contributed by atoms with Gasteiger partial charge in [-0.1, -0.05) is 11.6 Å². The van der Waals surface area contributed by atoms with Crippen LogP contribution in [-0.2, 0) is 4.74 Å². The van der Waals surface area contributed by atoms with Crippen LogP contribution in [0.1, 0.15) is 17.4 Å². The molecule has 0 saturated carbocycles. The van der Waals surface area contributed by atoms with Crippen molar-refractivity contribution in [2.75, 3.05) is 6.61 Å². The summed E-state index contributed by atoms with van der Waals surface area (Å²) >= 11 is 5.99. The molecule has 0 aliphatic heterocycles. The normalized spacial score (nSPS) is 10.7. The SMILES string of the molecule is CCOC(=O)c1[nH]c2cc(F)ccc2c1Cl. The lowest BCUT2D eigenvalue weighted by Gasteiger charge is -1.98. The lowest BCUT2D eigenvalue weighted by molar-refractivity contribution is 0.0521. The molecule has 0 amide bonds. The highest BCUT2D eigenvalue weighted by molar-refractivity contribution is 6.38. The van der Waals surface area contributed by atoms with Crippen molar-refractivity contribution in [3.63, 3.8) is 0 Å². The number of hydrogen-bond donors (Lipinski definition) is 1. The van der Waals surface area contributed by atoms with Crippen molar-refractivity contribution in [2.45, 2.75) is 6.92 Å². The summed E-state index contributed by atoms with van der Waals surface area (Å²) in [5.74, 6) is -0.926. The molecule has 2 aromatic rings. The van der Waals surface area contributed by atoms with E-state index in [4.69, 9.17) is 16.3 Å². The topological polar surface area (TPSA) is 42.1 Å². The van der Waals surface area contributed by atoms with Crippen LogP contribution in [0.5, 0.6) is 0 Å². The number of esters is 1. The summed E-state index contributed by atoms with van der Waals surface area (Å²) in [4.78, 5) is 14.2. The largest absolute Gasteiger partial charge is 0.461 e. The molecular formula is C11H9ClFNO2. The zero-order chi connectivity index (χ0) is 11.7. The van der Waals surface area contributed by atoms with E-state index < -0.39 is 5.97 Å². The number of ether oxygens (including phenoxy) is 1. The van der Waals surface area contributed by atoms with Crippen LogP contribution >= 0.6 is 11.6 Å². The number of halogens is 2. The Kier molecular flexibility index (Phi) is 2.83. The van der Waals surface area contributed by atoms with E-state index in [2.05, 4.69) is 4.98 Å². The van der Waals surface area contributed by atoms with Crippen LogP contribution in [0.4, 0.5) is 4.39 Å². The van der Waals surface area contributed by atoms with Gasteiger partial charge in [-0.3, -0.25) is 0 Å². The second kappa shape index (κ2) is 4.14. The number of fused-ring (bicyclic) bond motifs is 1. The van der Waals surface area contributed by atoms with Gasteiger partial charge in [0.2, 0.25) is 0 Å². The van der Waals surface area contributed by atoms with E-state index in [1.54, 1.807) is 6.92 Å². The minimum atomic E-state index is -0.538. The minimum absolute atomic E-state index is 0.157. The van der Waals surface area contributed by atoms with Crippen LogP contribution in [0.15, 0.2) is 18.2 Å². The lowest BCUT2D eigenvalue weighted by atomic mass is 10.2. The Morgan fingerprint density at radius 1 is 1.56 bits per heavy atom. The van der Waals surface area contributed by atoms with Gasteiger partial charge in [0.15, 0.2) is 0 Å². The predicted molar refractivity (Wildman–Crippen MR) is 59.2 cm³/mol. The number of rotatable bonds is 2. The molecule has 0 bridgehead atoms. The van der Waals surface area contributed by atoms with Crippen molar-refractivity contribution in [1.82, 2.24) is 4.98 Å². The highest BCUT2D eigenvalue weighted by Crippen LogP contribution is 2.28. The molecule has 0 atom stereocenters. The molecule has 0 spiro atoms. The van der Waals surface area contributed by atoms with Crippen LogP contribution in [0.3, 0.4) is 0 Å². The summed E-state index contributed by atoms with van der Waals surface area (Å²) in [5.41, 5.74) is 0.636. The molecule has 2 rings (SSSR count). The number of nitrogens with one attached hydrogen (secondary N) is 1. The molecule has 0 radical (unpaired) electrons. The van der Waals surface area contributed by atoms with Gasteiger partial charge in [0.05, 0.1) is 17.1 Å². The quantitative estimate of drug-likeness (QED) is 0.821. The van der Waals surface area contributed by atoms with Crippen LogP contribution in [0, 0.1) is 5.82 Å². The molecule has 1 aromatic carbocycles. The zero-order valence-electron chi connectivity index (χ0n) is 8.51. The third-order valence-corrected chi connectivity index (χ3v) is 2.57. The van der Waals surface area contributed by atoms with Crippen LogP contribution < -0.4 is 0 Å².